The molecule has 0 saturated carbocycles. The van der Waals surface area contributed by atoms with Gasteiger partial charge in [0, 0.05) is 24.7 Å². The van der Waals surface area contributed by atoms with E-state index in [0.29, 0.717) is 5.92 Å². The Morgan fingerprint density at radius 2 is 2.12 bits per heavy atom. The molecule has 2 heteroatoms. The first-order valence-corrected chi connectivity index (χ1v) is 6.68. The van der Waals surface area contributed by atoms with Crippen molar-refractivity contribution >= 4 is 5.69 Å². The number of para-hydroxylation sites is 1. The van der Waals surface area contributed by atoms with E-state index in [1.807, 2.05) is 0 Å². The molecule has 0 radical (unpaired) electrons. The Labute approximate surface area is 105 Å². The number of anilines is 1. The van der Waals surface area contributed by atoms with Gasteiger partial charge >= 0.3 is 0 Å². The van der Waals surface area contributed by atoms with Gasteiger partial charge < -0.3 is 10.2 Å². The first-order valence-electron chi connectivity index (χ1n) is 6.68. The zero-order valence-corrected chi connectivity index (χ0v) is 11.2. The third kappa shape index (κ3) is 3.22. The van der Waals surface area contributed by atoms with Crippen LogP contribution in [-0.2, 0) is 0 Å². The minimum Gasteiger partial charge on any atom is -0.384 e. The van der Waals surface area contributed by atoms with Gasteiger partial charge in [0.1, 0.15) is 0 Å². The quantitative estimate of drug-likeness (QED) is 0.839. The summed E-state index contributed by atoms with van der Waals surface area (Å²) in [7, 11) is 2.23. The highest BCUT2D eigenvalue weighted by Gasteiger charge is 2.21. The van der Waals surface area contributed by atoms with Gasteiger partial charge in [-0.3, -0.25) is 0 Å². The largest absolute Gasteiger partial charge is 0.384 e. The van der Waals surface area contributed by atoms with Crippen molar-refractivity contribution in [2.75, 3.05) is 32.0 Å². The van der Waals surface area contributed by atoms with E-state index in [9.17, 15) is 0 Å². The SMILES string of the molecule is CC(C)CN(C)CCC1CNc2ccccc21. The highest BCUT2D eigenvalue weighted by Crippen LogP contribution is 2.33. The molecule has 1 heterocycles. The van der Waals surface area contributed by atoms with Crippen LogP contribution < -0.4 is 5.32 Å². The summed E-state index contributed by atoms with van der Waals surface area (Å²) in [5.74, 6) is 1.45. The van der Waals surface area contributed by atoms with E-state index in [1.54, 1.807) is 0 Å². The van der Waals surface area contributed by atoms with Crippen molar-refractivity contribution < 1.29 is 0 Å². The van der Waals surface area contributed by atoms with E-state index in [4.69, 9.17) is 0 Å². The van der Waals surface area contributed by atoms with Crippen LogP contribution >= 0.6 is 0 Å². The topological polar surface area (TPSA) is 15.3 Å². The zero-order valence-electron chi connectivity index (χ0n) is 11.2. The van der Waals surface area contributed by atoms with Gasteiger partial charge in [-0.1, -0.05) is 32.0 Å². The van der Waals surface area contributed by atoms with Gasteiger partial charge in [0.05, 0.1) is 0 Å². The van der Waals surface area contributed by atoms with Crippen LogP contribution in [-0.4, -0.2) is 31.6 Å². The Morgan fingerprint density at radius 1 is 1.35 bits per heavy atom. The molecular formula is C15H24N2. The molecule has 0 saturated heterocycles. The number of rotatable bonds is 5. The molecule has 1 aromatic rings. The lowest BCUT2D eigenvalue weighted by atomic mass is 9.98. The summed E-state index contributed by atoms with van der Waals surface area (Å²) in [4.78, 5) is 2.45. The third-order valence-electron chi connectivity index (χ3n) is 3.48. The van der Waals surface area contributed by atoms with Crippen molar-refractivity contribution in [2.45, 2.75) is 26.2 Å². The molecule has 0 fully saturated rings. The Bertz CT molecular complexity index is 360. The number of nitrogens with one attached hydrogen (secondary N) is 1. The van der Waals surface area contributed by atoms with E-state index < -0.39 is 0 Å². The number of fused-ring (bicyclic) bond motifs is 1. The maximum atomic E-state index is 3.50. The lowest BCUT2D eigenvalue weighted by molar-refractivity contribution is 0.286. The first-order chi connectivity index (χ1) is 8.16. The summed E-state index contributed by atoms with van der Waals surface area (Å²) in [6.07, 6.45) is 1.26. The molecule has 1 aliphatic heterocycles. The average molecular weight is 232 g/mol. The maximum absolute atomic E-state index is 3.50. The number of benzene rings is 1. The molecule has 1 aliphatic rings. The molecule has 2 nitrogen and oxygen atoms in total. The van der Waals surface area contributed by atoms with Gasteiger partial charge in [0.15, 0.2) is 0 Å². The summed E-state index contributed by atoms with van der Waals surface area (Å²) in [6, 6.07) is 8.71. The van der Waals surface area contributed by atoms with Crippen LogP contribution in [0.4, 0.5) is 5.69 Å². The van der Waals surface area contributed by atoms with Crippen LogP contribution in [0, 0.1) is 5.92 Å². The molecule has 1 N–H and O–H groups in total. The van der Waals surface area contributed by atoms with Crippen LogP contribution in [0.2, 0.25) is 0 Å². The molecule has 0 aliphatic carbocycles. The lowest BCUT2D eigenvalue weighted by Crippen LogP contribution is -2.25. The molecule has 0 bridgehead atoms. The van der Waals surface area contributed by atoms with E-state index in [-0.39, 0.29) is 0 Å². The first kappa shape index (κ1) is 12.4. The monoisotopic (exact) mass is 232 g/mol. The fourth-order valence-electron chi connectivity index (χ4n) is 2.71. The van der Waals surface area contributed by atoms with Crippen molar-refractivity contribution in [3.8, 4) is 0 Å². The standard InChI is InChI=1S/C15H24N2/c1-12(2)11-17(3)9-8-13-10-16-15-7-5-4-6-14(13)15/h4-7,12-13,16H,8-11H2,1-3H3. The molecular weight excluding hydrogens is 208 g/mol. The Hall–Kier alpha value is -1.02. The predicted molar refractivity (Wildman–Crippen MR) is 74.6 cm³/mol. The molecule has 0 aromatic heterocycles. The highest BCUT2D eigenvalue weighted by molar-refractivity contribution is 5.57. The van der Waals surface area contributed by atoms with Crippen molar-refractivity contribution in [3.63, 3.8) is 0 Å². The van der Waals surface area contributed by atoms with Crippen LogP contribution in [0.25, 0.3) is 0 Å². The fraction of sp³-hybridized carbons (Fsp3) is 0.600. The van der Waals surface area contributed by atoms with Gasteiger partial charge in [-0.25, -0.2) is 0 Å². The molecule has 2 rings (SSSR count). The zero-order chi connectivity index (χ0) is 12.3. The summed E-state index contributed by atoms with van der Waals surface area (Å²) in [5.41, 5.74) is 2.84. The number of hydrogen-bond acceptors (Lipinski definition) is 2. The summed E-state index contributed by atoms with van der Waals surface area (Å²) < 4.78 is 0. The van der Waals surface area contributed by atoms with Crippen LogP contribution in [0.1, 0.15) is 31.7 Å². The smallest absolute Gasteiger partial charge is 0.0376 e. The minimum absolute atomic E-state index is 0.695. The van der Waals surface area contributed by atoms with Gasteiger partial charge in [-0.15, -0.1) is 0 Å². The minimum atomic E-state index is 0.695. The molecule has 94 valence electrons. The molecule has 1 unspecified atom stereocenters. The second-order valence-electron chi connectivity index (χ2n) is 5.61. The second-order valence-corrected chi connectivity index (χ2v) is 5.61. The Morgan fingerprint density at radius 3 is 2.88 bits per heavy atom. The molecule has 1 aromatic carbocycles. The van der Waals surface area contributed by atoms with Crippen LogP contribution in [0.5, 0.6) is 0 Å². The summed E-state index contributed by atoms with van der Waals surface area (Å²) >= 11 is 0. The normalized spacial score (nSPS) is 18.5. The van der Waals surface area contributed by atoms with E-state index >= 15 is 0 Å². The highest BCUT2D eigenvalue weighted by atomic mass is 15.1. The average Bonchev–Trinajstić information content (AvgIpc) is 2.69. The van der Waals surface area contributed by atoms with Crippen LogP contribution in [0.15, 0.2) is 24.3 Å². The van der Waals surface area contributed by atoms with Crippen molar-refractivity contribution in [1.82, 2.24) is 4.90 Å². The Kier molecular flexibility index (Phi) is 4.06. The lowest BCUT2D eigenvalue weighted by Gasteiger charge is -2.20. The van der Waals surface area contributed by atoms with Crippen molar-refractivity contribution in [2.24, 2.45) is 5.92 Å². The van der Waals surface area contributed by atoms with Crippen LogP contribution in [0.3, 0.4) is 0 Å². The number of nitrogens with zero attached hydrogens (tertiary/aromatic N) is 1. The molecule has 1 atom stereocenters. The third-order valence-corrected chi connectivity index (χ3v) is 3.48. The molecule has 0 amide bonds. The van der Waals surface area contributed by atoms with E-state index in [1.165, 1.54) is 30.8 Å². The van der Waals surface area contributed by atoms with Crippen molar-refractivity contribution in [3.05, 3.63) is 29.8 Å². The van der Waals surface area contributed by atoms with Gasteiger partial charge in [-0.05, 0) is 37.6 Å². The molecule has 0 spiro atoms. The summed E-state index contributed by atoms with van der Waals surface area (Å²) in [5, 5.41) is 3.50. The van der Waals surface area contributed by atoms with Gasteiger partial charge in [0.2, 0.25) is 0 Å². The van der Waals surface area contributed by atoms with Crippen molar-refractivity contribution in [1.29, 1.82) is 0 Å². The molecule has 17 heavy (non-hydrogen) atoms. The van der Waals surface area contributed by atoms with Gasteiger partial charge in [-0.2, -0.15) is 0 Å². The van der Waals surface area contributed by atoms with Gasteiger partial charge in [0.25, 0.3) is 0 Å². The van der Waals surface area contributed by atoms with E-state index in [2.05, 4.69) is 55.4 Å². The van der Waals surface area contributed by atoms with E-state index in [0.717, 1.165) is 12.5 Å². The Balaban J connectivity index is 1.85. The number of hydrogen-bond donors (Lipinski definition) is 1. The maximum Gasteiger partial charge on any atom is 0.0376 e. The second kappa shape index (κ2) is 5.54. The fourth-order valence-corrected chi connectivity index (χ4v) is 2.71. The predicted octanol–water partition coefficient (Wildman–Crippen LogP) is 3.17. The summed E-state index contributed by atoms with van der Waals surface area (Å²) in [6.45, 7) is 8.06.